The van der Waals surface area contributed by atoms with Crippen LogP contribution in [0.15, 0.2) is 24.7 Å². The van der Waals surface area contributed by atoms with Crippen LogP contribution in [0, 0.1) is 11.3 Å². The first-order valence-electron chi connectivity index (χ1n) is 9.78. The molecule has 0 atom stereocenters. The monoisotopic (exact) mass is 413 g/mol. The summed E-state index contributed by atoms with van der Waals surface area (Å²) in [6.45, 7) is 2.28. The zero-order valence-corrected chi connectivity index (χ0v) is 16.0. The molecule has 5 rings (SSSR count). The predicted octanol–water partition coefficient (Wildman–Crippen LogP) is 2.83. The molecule has 3 aromatic rings. The van der Waals surface area contributed by atoms with Crippen LogP contribution in [-0.4, -0.2) is 45.5 Å². The molecule has 2 aliphatic rings. The Morgan fingerprint density at radius 3 is 2.43 bits per heavy atom. The third-order valence-corrected chi connectivity index (χ3v) is 5.68. The van der Waals surface area contributed by atoms with Crippen molar-refractivity contribution in [1.29, 1.82) is 5.26 Å². The number of fused-ring (bicyclic) bond motifs is 2. The summed E-state index contributed by atoms with van der Waals surface area (Å²) in [6.07, 6.45) is 2.37. The van der Waals surface area contributed by atoms with Crippen LogP contribution >= 0.6 is 0 Å². The Labute approximate surface area is 170 Å². The van der Waals surface area contributed by atoms with E-state index in [4.69, 9.17) is 4.98 Å². The maximum absolute atomic E-state index is 13.1. The van der Waals surface area contributed by atoms with Crippen molar-refractivity contribution in [1.82, 2.24) is 19.4 Å². The van der Waals surface area contributed by atoms with Crippen molar-refractivity contribution in [2.75, 3.05) is 36.0 Å². The average Bonchev–Trinajstić information content (AvgIpc) is 3.39. The van der Waals surface area contributed by atoms with E-state index in [0.717, 1.165) is 36.7 Å². The maximum atomic E-state index is 13.1. The second kappa shape index (κ2) is 6.86. The SMILES string of the molecule is N#Cc1cc2c(nc1N1CCN(c3nccn4cc(C(F)(F)F)nc34)CC1)CCC2. The van der Waals surface area contributed by atoms with Crippen LogP contribution in [0.5, 0.6) is 0 Å². The van der Waals surface area contributed by atoms with Crippen molar-refractivity contribution < 1.29 is 13.2 Å². The van der Waals surface area contributed by atoms with E-state index < -0.39 is 11.9 Å². The molecule has 0 radical (unpaired) electrons. The number of aromatic nitrogens is 4. The molecule has 0 bridgehead atoms. The van der Waals surface area contributed by atoms with Crippen molar-refractivity contribution >= 4 is 17.3 Å². The fourth-order valence-corrected chi connectivity index (χ4v) is 4.18. The number of piperazine rings is 1. The minimum Gasteiger partial charge on any atom is -0.352 e. The van der Waals surface area contributed by atoms with E-state index in [2.05, 4.69) is 20.9 Å². The summed E-state index contributed by atoms with van der Waals surface area (Å²) in [4.78, 5) is 16.8. The van der Waals surface area contributed by atoms with Crippen LogP contribution in [0.25, 0.3) is 5.65 Å². The molecule has 3 aromatic heterocycles. The molecule has 154 valence electrons. The van der Waals surface area contributed by atoms with Crippen molar-refractivity contribution in [3.05, 3.63) is 47.2 Å². The zero-order chi connectivity index (χ0) is 20.9. The van der Waals surface area contributed by atoms with Crippen molar-refractivity contribution in [3.63, 3.8) is 0 Å². The van der Waals surface area contributed by atoms with Crippen molar-refractivity contribution in [2.24, 2.45) is 0 Å². The third-order valence-electron chi connectivity index (χ3n) is 5.68. The van der Waals surface area contributed by atoms with Gasteiger partial charge in [0.1, 0.15) is 11.9 Å². The minimum absolute atomic E-state index is 0.187. The molecule has 0 saturated carbocycles. The van der Waals surface area contributed by atoms with E-state index in [1.807, 2.05) is 11.0 Å². The number of pyridine rings is 1. The first-order chi connectivity index (χ1) is 14.4. The number of anilines is 2. The Morgan fingerprint density at radius 1 is 1.00 bits per heavy atom. The van der Waals surface area contributed by atoms with Gasteiger partial charge in [-0.2, -0.15) is 18.4 Å². The van der Waals surface area contributed by atoms with Gasteiger partial charge in [-0.3, -0.25) is 0 Å². The van der Waals surface area contributed by atoms with Gasteiger partial charge in [-0.25, -0.2) is 15.0 Å². The summed E-state index contributed by atoms with van der Waals surface area (Å²) in [6, 6.07) is 4.20. The lowest BCUT2D eigenvalue weighted by Crippen LogP contribution is -2.47. The van der Waals surface area contributed by atoms with E-state index in [1.54, 1.807) is 0 Å². The lowest BCUT2D eigenvalue weighted by molar-refractivity contribution is -0.140. The van der Waals surface area contributed by atoms with Gasteiger partial charge in [0, 0.05) is 50.5 Å². The number of alkyl halides is 3. The van der Waals surface area contributed by atoms with E-state index in [-0.39, 0.29) is 5.65 Å². The molecule has 4 heterocycles. The summed E-state index contributed by atoms with van der Waals surface area (Å²) in [5.74, 6) is 1.12. The summed E-state index contributed by atoms with van der Waals surface area (Å²) in [7, 11) is 0. The van der Waals surface area contributed by atoms with E-state index in [1.165, 1.54) is 16.8 Å². The molecule has 1 saturated heterocycles. The normalized spacial score (nSPS) is 16.7. The van der Waals surface area contributed by atoms with Crippen LogP contribution in [0.3, 0.4) is 0 Å². The lowest BCUT2D eigenvalue weighted by Gasteiger charge is -2.36. The zero-order valence-electron chi connectivity index (χ0n) is 16.0. The standard InChI is InChI=1S/C20H18F3N7/c21-20(22,23)16-12-30-5-4-25-18(19(30)27-16)29-8-6-28(7-9-29)17-14(11-24)10-13-2-1-3-15(13)26-17/h4-5,10,12H,1-3,6-9H2. The van der Waals surface area contributed by atoms with Gasteiger partial charge in [0.25, 0.3) is 0 Å². The van der Waals surface area contributed by atoms with Gasteiger partial charge >= 0.3 is 6.18 Å². The highest BCUT2D eigenvalue weighted by molar-refractivity contribution is 5.66. The van der Waals surface area contributed by atoms with E-state index >= 15 is 0 Å². The van der Waals surface area contributed by atoms with Gasteiger partial charge in [-0.15, -0.1) is 0 Å². The van der Waals surface area contributed by atoms with E-state index in [0.29, 0.717) is 43.4 Å². The van der Waals surface area contributed by atoms with Crippen LogP contribution in [-0.2, 0) is 19.0 Å². The Hall–Kier alpha value is -3.35. The Bertz CT molecular complexity index is 1150. The molecule has 0 unspecified atom stereocenters. The number of hydrogen-bond acceptors (Lipinski definition) is 6. The summed E-state index contributed by atoms with van der Waals surface area (Å²) < 4.78 is 40.5. The van der Waals surface area contributed by atoms with Gasteiger partial charge in [-0.1, -0.05) is 0 Å². The Morgan fingerprint density at radius 2 is 1.73 bits per heavy atom. The molecule has 0 N–H and O–H groups in total. The Kier molecular flexibility index (Phi) is 4.27. The number of imidazole rings is 1. The van der Waals surface area contributed by atoms with Crippen molar-refractivity contribution in [3.8, 4) is 6.07 Å². The predicted molar refractivity (Wildman–Crippen MR) is 103 cm³/mol. The number of nitriles is 1. The van der Waals surface area contributed by atoms with Crippen molar-refractivity contribution in [2.45, 2.75) is 25.4 Å². The smallest absolute Gasteiger partial charge is 0.352 e. The molecular formula is C20H18F3N7. The lowest BCUT2D eigenvalue weighted by atomic mass is 10.1. The van der Waals surface area contributed by atoms with Gasteiger partial charge in [0.2, 0.25) is 0 Å². The number of hydrogen-bond donors (Lipinski definition) is 0. The molecule has 0 amide bonds. The van der Waals surface area contributed by atoms with E-state index in [9.17, 15) is 18.4 Å². The highest BCUT2D eigenvalue weighted by Gasteiger charge is 2.35. The van der Waals surface area contributed by atoms with Gasteiger partial charge in [-0.05, 0) is 30.9 Å². The molecule has 10 heteroatoms. The highest BCUT2D eigenvalue weighted by atomic mass is 19.4. The number of halogens is 3. The summed E-state index contributed by atoms with van der Waals surface area (Å²) in [5, 5.41) is 9.56. The molecule has 1 aliphatic heterocycles. The number of aryl methyl sites for hydroxylation is 2. The fourth-order valence-electron chi connectivity index (χ4n) is 4.18. The largest absolute Gasteiger partial charge is 0.434 e. The van der Waals surface area contributed by atoms with Crippen LogP contribution in [0.1, 0.15) is 28.9 Å². The topological polar surface area (TPSA) is 73.4 Å². The second-order valence-corrected chi connectivity index (χ2v) is 7.51. The number of rotatable bonds is 2. The Balaban J connectivity index is 1.40. The molecule has 7 nitrogen and oxygen atoms in total. The molecule has 1 aliphatic carbocycles. The van der Waals surface area contributed by atoms with Crippen LogP contribution in [0.4, 0.5) is 24.8 Å². The van der Waals surface area contributed by atoms with Crippen LogP contribution in [0.2, 0.25) is 0 Å². The average molecular weight is 413 g/mol. The highest BCUT2D eigenvalue weighted by Crippen LogP contribution is 2.31. The summed E-state index contributed by atoms with van der Waals surface area (Å²) >= 11 is 0. The quantitative estimate of drug-likeness (QED) is 0.643. The molecule has 1 fully saturated rings. The second-order valence-electron chi connectivity index (χ2n) is 7.51. The van der Waals surface area contributed by atoms with Crippen LogP contribution < -0.4 is 9.80 Å². The molecule has 30 heavy (non-hydrogen) atoms. The van der Waals surface area contributed by atoms with Gasteiger partial charge in [0.15, 0.2) is 17.2 Å². The van der Waals surface area contributed by atoms with Gasteiger partial charge in [0.05, 0.1) is 5.56 Å². The van der Waals surface area contributed by atoms with Gasteiger partial charge < -0.3 is 14.2 Å². The molecule has 0 spiro atoms. The number of nitrogens with zero attached hydrogens (tertiary/aromatic N) is 7. The fraction of sp³-hybridized carbons (Fsp3) is 0.400. The molecular weight excluding hydrogens is 395 g/mol. The first kappa shape index (κ1) is 18.7. The minimum atomic E-state index is -4.51. The third kappa shape index (κ3) is 3.10. The maximum Gasteiger partial charge on any atom is 0.434 e. The first-order valence-corrected chi connectivity index (χ1v) is 9.78. The molecule has 0 aromatic carbocycles. The summed E-state index contributed by atoms with van der Waals surface area (Å²) in [5.41, 5.74) is 2.05.